The highest BCUT2D eigenvalue weighted by molar-refractivity contribution is 7.18. The zero-order chi connectivity index (χ0) is 24.0. The molecule has 0 unspecified atom stereocenters. The third kappa shape index (κ3) is 6.43. The molecule has 1 aliphatic heterocycles. The summed E-state index contributed by atoms with van der Waals surface area (Å²) in [4.78, 5) is 33.1. The molecule has 0 radical (unpaired) electrons. The van der Waals surface area contributed by atoms with Gasteiger partial charge in [0, 0.05) is 19.2 Å². The number of nitrogens with one attached hydrogen (secondary N) is 1. The second-order valence-electron chi connectivity index (χ2n) is 7.46. The van der Waals surface area contributed by atoms with Gasteiger partial charge in [-0.1, -0.05) is 22.9 Å². The van der Waals surface area contributed by atoms with Gasteiger partial charge in [0.2, 0.25) is 0 Å². The maximum atomic E-state index is 14.3. The molecule has 1 N–H and O–H groups in total. The summed E-state index contributed by atoms with van der Waals surface area (Å²) in [6.45, 7) is 2.13. The van der Waals surface area contributed by atoms with Crippen LogP contribution < -0.4 is 10.1 Å². The number of carbonyl (C=O) groups excluding carboxylic acids is 2. The average molecular weight is 497 g/mol. The number of thiazole rings is 1. The summed E-state index contributed by atoms with van der Waals surface area (Å²) in [5.41, 5.74) is -0.0792. The first-order valence-electron chi connectivity index (χ1n) is 10.2. The highest BCUT2D eigenvalue weighted by Gasteiger charge is 2.21. The van der Waals surface area contributed by atoms with Crippen LogP contribution >= 0.6 is 22.9 Å². The van der Waals surface area contributed by atoms with Crippen LogP contribution in [0.1, 0.15) is 28.2 Å². The fourth-order valence-electron chi connectivity index (χ4n) is 3.19. The molecule has 3 heterocycles. The first-order chi connectivity index (χ1) is 15.8. The average Bonchev–Trinajstić information content (AvgIpc) is 3.21. The van der Waals surface area contributed by atoms with Crippen LogP contribution in [0.5, 0.6) is 5.75 Å². The van der Waals surface area contributed by atoms with Crippen molar-refractivity contribution in [3.05, 3.63) is 51.6 Å². The van der Waals surface area contributed by atoms with Crippen molar-refractivity contribution < 1.29 is 23.1 Å². The minimum absolute atomic E-state index is 0.0472. The normalized spacial score (nSPS) is 14.5. The molecule has 0 atom stereocenters. The quantitative estimate of drug-likeness (QED) is 0.536. The molecular weight excluding hydrogens is 474 g/mol. The number of amides is 1. The van der Waals surface area contributed by atoms with Crippen molar-refractivity contribution in [2.75, 3.05) is 27.2 Å². The molecule has 1 amide bonds. The second kappa shape index (κ2) is 11.4. The van der Waals surface area contributed by atoms with Crippen LogP contribution in [0.15, 0.2) is 24.4 Å². The van der Waals surface area contributed by atoms with E-state index in [1.165, 1.54) is 24.6 Å². The Morgan fingerprint density at radius 3 is 2.76 bits per heavy atom. The summed E-state index contributed by atoms with van der Waals surface area (Å²) in [5, 5.41) is 3.19. The van der Waals surface area contributed by atoms with E-state index in [1.54, 1.807) is 6.07 Å². The number of aromatic nitrogens is 2. The van der Waals surface area contributed by atoms with Gasteiger partial charge in [0.05, 0.1) is 5.02 Å². The predicted molar refractivity (Wildman–Crippen MR) is 123 cm³/mol. The number of nitrogens with zero attached hydrogens (tertiary/aromatic N) is 3. The fourth-order valence-corrected chi connectivity index (χ4v) is 4.14. The van der Waals surface area contributed by atoms with Crippen molar-refractivity contribution in [2.24, 2.45) is 5.92 Å². The van der Waals surface area contributed by atoms with E-state index in [1.807, 2.05) is 0 Å². The number of halogens is 3. The van der Waals surface area contributed by atoms with Crippen LogP contribution in [0.4, 0.5) is 8.78 Å². The molecule has 0 saturated carbocycles. The van der Waals surface area contributed by atoms with Crippen molar-refractivity contribution in [1.82, 2.24) is 20.2 Å². The number of pyridine rings is 1. The van der Waals surface area contributed by atoms with Gasteiger partial charge >= 0.3 is 0 Å². The molecule has 1 aliphatic rings. The number of benzene rings is 1. The third-order valence-electron chi connectivity index (χ3n) is 5.08. The van der Waals surface area contributed by atoms with Gasteiger partial charge in [0.15, 0.2) is 11.6 Å². The standard InChI is InChI=1S/C15H10ClF2N3O2S.C7H13NO/c1-19-14(22)12-8(17)2-3-10(13(12)18)23-6-11-21-9-4-7(16)5-20-15(9)24-11;1-8-4-2-7(6-9)3-5-8/h2-5H,6H2,1H3,(H,19,22);6-7H,2-5H2,1H3. The Morgan fingerprint density at radius 1 is 1.36 bits per heavy atom. The number of hydrogen-bond donors (Lipinski definition) is 1. The number of carbonyl (C=O) groups is 2. The first-order valence-corrected chi connectivity index (χ1v) is 11.4. The van der Waals surface area contributed by atoms with Gasteiger partial charge in [-0.15, -0.1) is 0 Å². The number of aldehydes is 1. The third-order valence-corrected chi connectivity index (χ3v) is 6.23. The Hall–Kier alpha value is -2.69. The topological polar surface area (TPSA) is 84.4 Å². The number of hydrogen-bond acceptors (Lipinski definition) is 7. The summed E-state index contributed by atoms with van der Waals surface area (Å²) in [5.74, 6) is -2.77. The molecule has 7 nitrogen and oxygen atoms in total. The van der Waals surface area contributed by atoms with E-state index in [4.69, 9.17) is 16.3 Å². The highest BCUT2D eigenvalue weighted by atomic mass is 35.5. The lowest BCUT2D eigenvalue weighted by Gasteiger charge is -2.25. The van der Waals surface area contributed by atoms with Crippen LogP contribution in [0.3, 0.4) is 0 Å². The van der Waals surface area contributed by atoms with Crippen molar-refractivity contribution in [1.29, 1.82) is 0 Å². The maximum Gasteiger partial charge on any atom is 0.257 e. The number of rotatable bonds is 5. The number of fused-ring (bicyclic) bond motifs is 1. The van der Waals surface area contributed by atoms with E-state index in [2.05, 4.69) is 27.2 Å². The molecule has 1 fully saturated rings. The predicted octanol–water partition coefficient (Wildman–Crippen LogP) is 4.09. The second-order valence-corrected chi connectivity index (χ2v) is 8.96. The van der Waals surface area contributed by atoms with E-state index in [-0.39, 0.29) is 12.4 Å². The summed E-state index contributed by atoms with van der Waals surface area (Å²) in [7, 11) is 3.38. The number of likely N-dealkylation sites (tertiary alicyclic amines) is 1. The lowest BCUT2D eigenvalue weighted by atomic mass is 9.99. The first kappa shape index (κ1) is 24.9. The molecule has 0 bridgehead atoms. The van der Waals surface area contributed by atoms with Gasteiger partial charge in [-0.05, 0) is 51.2 Å². The van der Waals surface area contributed by atoms with E-state index in [0.717, 1.165) is 44.4 Å². The van der Waals surface area contributed by atoms with Crippen molar-refractivity contribution >= 4 is 45.5 Å². The zero-order valence-corrected chi connectivity index (χ0v) is 19.7. The highest BCUT2D eigenvalue weighted by Crippen LogP contribution is 2.27. The van der Waals surface area contributed by atoms with Crippen molar-refractivity contribution in [3.8, 4) is 5.75 Å². The summed E-state index contributed by atoms with van der Waals surface area (Å²) in [6.07, 6.45) is 4.70. The molecule has 33 heavy (non-hydrogen) atoms. The minimum atomic E-state index is -1.06. The maximum absolute atomic E-state index is 14.3. The van der Waals surface area contributed by atoms with Crippen molar-refractivity contribution in [3.63, 3.8) is 0 Å². The number of ether oxygens (including phenoxy) is 1. The van der Waals surface area contributed by atoms with E-state index < -0.39 is 23.1 Å². The monoisotopic (exact) mass is 496 g/mol. The summed E-state index contributed by atoms with van der Waals surface area (Å²) in [6, 6.07) is 3.76. The zero-order valence-electron chi connectivity index (χ0n) is 18.1. The Bertz CT molecular complexity index is 1140. The molecule has 4 rings (SSSR count). The number of piperidine rings is 1. The largest absolute Gasteiger partial charge is 0.483 e. The van der Waals surface area contributed by atoms with Gasteiger partial charge in [-0.2, -0.15) is 0 Å². The lowest BCUT2D eigenvalue weighted by Crippen LogP contribution is -2.30. The Kier molecular flexibility index (Phi) is 8.65. The molecule has 1 aromatic carbocycles. The van der Waals surface area contributed by atoms with Gasteiger partial charge in [-0.25, -0.2) is 18.7 Å². The molecule has 0 spiro atoms. The summed E-state index contributed by atoms with van der Waals surface area (Å²) >= 11 is 7.11. The van der Waals surface area contributed by atoms with Gasteiger partial charge in [0.1, 0.15) is 39.6 Å². The van der Waals surface area contributed by atoms with Gasteiger partial charge < -0.3 is 19.7 Å². The Morgan fingerprint density at radius 2 is 2.09 bits per heavy atom. The molecule has 11 heteroatoms. The van der Waals surface area contributed by atoms with Crippen LogP contribution in [0.2, 0.25) is 5.02 Å². The lowest BCUT2D eigenvalue weighted by molar-refractivity contribution is -0.112. The van der Waals surface area contributed by atoms with Crippen molar-refractivity contribution in [2.45, 2.75) is 19.4 Å². The molecule has 3 aromatic rings. The van der Waals surface area contributed by atoms with E-state index >= 15 is 0 Å². The Balaban J connectivity index is 0.000000286. The van der Waals surface area contributed by atoms with Gasteiger partial charge in [0.25, 0.3) is 5.91 Å². The van der Waals surface area contributed by atoms with Crippen LogP contribution in [0.25, 0.3) is 10.3 Å². The van der Waals surface area contributed by atoms with Crippen LogP contribution in [-0.2, 0) is 11.4 Å². The summed E-state index contributed by atoms with van der Waals surface area (Å²) < 4.78 is 33.2. The molecule has 1 saturated heterocycles. The molecule has 176 valence electrons. The molecular formula is C22H23ClF2N4O3S. The van der Waals surface area contributed by atoms with Crippen LogP contribution in [-0.4, -0.2) is 54.2 Å². The Labute approximate surface area is 198 Å². The molecule has 2 aromatic heterocycles. The SMILES string of the molecule is CN1CCC(C=O)CC1.CNC(=O)c1c(F)ccc(OCc2nc3cc(Cl)cnc3s2)c1F. The minimum Gasteiger partial charge on any atom is -0.483 e. The van der Waals surface area contributed by atoms with Gasteiger partial charge in [-0.3, -0.25) is 4.79 Å². The van der Waals surface area contributed by atoms with E-state index in [9.17, 15) is 18.4 Å². The van der Waals surface area contributed by atoms with E-state index in [0.29, 0.717) is 26.3 Å². The van der Waals surface area contributed by atoms with Crippen LogP contribution in [0, 0.1) is 17.6 Å². The smallest absolute Gasteiger partial charge is 0.257 e. The molecule has 0 aliphatic carbocycles. The fraction of sp³-hybridized carbons (Fsp3) is 0.364.